The summed E-state index contributed by atoms with van der Waals surface area (Å²) in [6.07, 6.45) is 3.26. The maximum absolute atomic E-state index is 9.54. The van der Waals surface area contributed by atoms with E-state index in [0.29, 0.717) is 24.2 Å². The van der Waals surface area contributed by atoms with Crippen LogP contribution in [0.1, 0.15) is 11.1 Å². The first kappa shape index (κ1) is 21.6. The second-order valence-corrected chi connectivity index (χ2v) is 4.19. The second-order valence-electron chi connectivity index (χ2n) is 4.19. The second kappa shape index (κ2) is 13.1. The molecule has 124 valence electrons. The van der Waals surface area contributed by atoms with Crippen molar-refractivity contribution in [3.8, 4) is 11.5 Å². The average molecular weight is 466 g/mol. The van der Waals surface area contributed by atoms with E-state index < -0.39 is 0 Å². The van der Waals surface area contributed by atoms with Crippen molar-refractivity contribution < 1.29 is 27.3 Å². The molecule has 0 saturated heterocycles. The molecule has 23 heavy (non-hydrogen) atoms. The summed E-state index contributed by atoms with van der Waals surface area (Å²) in [6, 6.07) is 14.1. The summed E-state index contributed by atoms with van der Waals surface area (Å²) in [5.41, 5.74) is 1.38. The Morgan fingerprint density at radius 3 is 1.48 bits per heavy atom. The van der Waals surface area contributed by atoms with Crippen LogP contribution in [0.2, 0.25) is 0 Å². The minimum absolute atomic E-state index is 0. The maximum atomic E-state index is 9.54. The van der Waals surface area contributed by atoms with E-state index >= 15 is 0 Å². The Kier molecular flexibility index (Phi) is 12.3. The van der Waals surface area contributed by atoms with Crippen molar-refractivity contribution in [3.05, 3.63) is 59.7 Å². The Morgan fingerprint density at radius 1 is 0.783 bits per heavy atom. The van der Waals surface area contributed by atoms with Crippen LogP contribution in [0.4, 0.5) is 0 Å². The molecule has 0 amide bonds. The van der Waals surface area contributed by atoms with Gasteiger partial charge in [0.25, 0.3) is 0 Å². The summed E-state index contributed by atoms with van der Waals surface area (Å²) >= 11 is 2.15. The number of aromatic hydroxyl groups is 2. The minimum atomic E-state index is 0. The number of hydrogen-bond acceptors (Lipinski definition) is 4. The number of rotatable bonds is 5. The van der Waals surface area contributed by atoms with Crippen molar-refractivity contribution in [1.29, 1.82) is 0 Å². The third-order valence-corrected chi connectivity index (χ3v) is 2.69. The third-order valence-electron chi connectivity index (χ3n) is 2.69. The van der Waals surface area contributed by atoms with Gasteiger partial charge >= 0.3 is 0 Å². The summed E-state index contributed by atoms with van der Waals surface area (Å²) in [5, 5.41) is 19.1. The van der Waals surface area contributed by atoms with Gasteiger partial charge in [0.15, 0.2) is 0 Å². The Morgan fingerprint density at radius 2 is 1.13 bits per heavy atom. The Labute approximate surface area is 161 Å². The minimum Gasteiger partial charge on any atom is -0.507 e. The molecule has 0 aliphatic rings. The zero-order valence-electron chi connectivity index (χ0n) is 12.7. The van der Waals surface area contributed by atoms with Crippen molar-refractivity contribution in [2.24, 2.45) is 9.98 Å². The van der Waals surface area contributed by atoms with Crippen LogP contribution in [0.3, 0.4) is 0 Å². The zero-order valence-corrected chi connectivity index (χ0v) is 16.0. The van der Waals surface area contributed by atoms with Crippen molar-refractivity contribution in [1.82, 2.24) is 0 Å². The van der Waals surface area contributed by atoms with Crippen molar-refractivity contribution in [2.45, 2.75) is 0 Å². The van der Waals surface area contributed by atoms with E-state index in [1.807, 2.05) is 17.1 Å². The van der Waals surface area contributed by atoms with E-state index in [0.717, 1.165) is 0 Å². The molecule has 2 aromatic carbocycles. The number of phenols is 2. The molecular weight excluding hydrogens is 447 g/mol. The number of halogens is 1. The van der Waals surface area contributed by atoms with Crippen LogP contribution in [0.15, 0.2) is 58.5 Å². The molecule has 0 unspecified atom stereocenters. The predicted molar refractivity (Wildman–Crippen MR) is 101 cm³/mol. The molecule has 0 aromatic heterocycles. The number of aliphatic imine (C=N–C) groups is 2. The molecule has 2 aromatic rings. The Bertz CT molecular complexity index is 578. The molecule has 0 radical (unpaired) electrons. The fourth-order valence-electron chi connectivity index (χ4n) is 1.63. The van der Waals surface area contributed by atoms with Crippen LogP contribution in [0.25, 0.3) is 0 Å². The summed E-state index contributed by atoms with van der Waals surface area (Å²) in [4.78, 5) is 10.4. The van der Waals surface area contributed by atoms with Crippen molar-refractivity contribution in [3.63, 3.8) is 0 Å². The smallest absolute Gasteiger partial charge is 0.124 e. The molecule has 0 aliphatic carbocycles. The first-order chi connectivity index (χ1) is 10.8. The number of alkyl halides is 1. The molecule has 2 N–H and O–H groups in total. The molecule has 0 atom stereocenters. The molecule has 0 saturated carbocycles. The van der Waals surface area contributed by atoms with Crippen molar-refractivity contribution >= 4 is 35.0 Å². The first-order valence-corrected chi connectivity index (χ1v) is 8.86. The zero-order chi connectivity index (χ0) is 16.2. The molecular formula is C17H19FeIN2O2. The van der Waals surface area contributed by atoms with Gasteiger partial charge in [-0.2, -0.15) is 0 Å². The van der Waals surface area contributed by atoms with Gasteiger partial charge in [-0.05, 0) is 29.2 Å². The van der Waals surface area contributed by atoms with Gasteiger partial charge in [-0.3, -0.25) is 9.98 Å². The number of benzene rings is 2. The molecule has 0 aliphatic heterocycles. The predicted octanol–water partition coefficient (Wildman–Crippen LogP) is 3.68. The van der Waals surface area contributed by atoms with Crippen LogP contribution in [-0.4, -0.2) is 40.7 Å². The molecule has 6 heteroatoms. The fourth-order valence-corrected chi connectivity index (χ4v) is 1.63. The van der Waals surface area contributed by atoms with Crippen LogP contribution in [0, 0.1) is 0 Å². The van der Waals surface area contributed by atoms with E-state index in [9.17, 15) is 10.2 Å². The van der Waals surface area contributed by atoms with E-state index in [1.54, 1.807) is 48.8 Å². The van der Waals surface area contributed by atoms with E-state index in [1.165, 1.54) is 0 Å². The maximum Gasteiger partial charge on any atom is 0.124 e. The monoisotopic (exact) mass is 466 g/mol. The van der Waals surface area contributed by atoms with Crippen LogP contribution in [-0.2, 0) is 17.1 Å². The van der Waals surface area contributed by atoms with Gasteiger partial charge in [0.1, 0.15) is 11.5 Å². The van der Waals surface area contributed by atoms with Crippen LogP contribution in [0.5, 0.6) is 11.5 Å². The third kappa shape index (κ3) is 8.16. The quantitative estimate of drug-likeness (QED) is 0.232. The molecule has 0 fully saturated rings. The van der Waals surface area contributed by atoms with Gasteiger partial charge < -0.3 is 10.2 Å². The van der Waals surface area contributed by atoms with Gasteiger partial charge in [-0.1, -0.05) is 46.9 Å². The Balaban J connectivity index is 0.00000155. The van der Waals surface area contributed by atoms with Crippen LogP contribution >= 0.6 is 22.6 Å². The van der Waals surface area contributed by atoms with E-state index in [-0.39, 0.29) is 28.6 Å². The van der Waals surface area contributed by atoms with E-state index in [2.05, 4.69) is 32.6 Å². The Hall–Kier alpha value is -1.37. The fraction of sp³-hybridized carbons (Fsp3) is 0.176. The normalized spacial score (nSPS) is 10.2. The van der Waals surface area contributed by atoms with Gasteiger partial charge in [0.05, 0.1) is 13.1 Å². The summed E-state index contributed by atoms with van der Waals surface area (Å²) in [5.74, 6) is 0.433. The van der Waals surface area contributed by atoms with Gasteiger partial charge in [-0.15, -0.1) is 0 Å². The SMILES string of the molecule is CI.Oc1ccccc1C=NCCN=Cc1ccccc1O.[Fe]. The summed E-state index contributed by atoms with van der Waals surface area (Å²) in [7, 11) is 0. The van der Waals surface area contributed by atoms with Gasteiger partial charge in [-0.25, -0.2) is 0 Å². The topological polar surface area (TPSA) is 65.2 Å². The molecule has 0 bridgehead atoms. The summed E-state index contributed by atoms with van der Waals surface area (Å²) in [6.45, 7) is 1.05. The number of phenolic OH excluding ortho intramolecular Hbond substituents is 2. The van der Waals surface area contributed by atoms with Crippen molar-refractivity contribution in [2.75, 3.05) is 18.0 Å². The number of nitrogens with zero attached hydrogens (tertiary/aromatic N) is 2. The molecule has 0 spiro atoms. The number of para-hydroxylation sites is 2. The summed E-state index contributed by atoms with van der Waals surface area (Å²) < 4.78 is 0. The van der Waals surface area contributed by atoms with E-state index in [4.69, 9.17) is 0 Å². The average Bonchev–Trinajstić information content (AvgIpc) is 2.56. The largest absolute Gasteiger partial charge is 0.507 e. The number of hydrogen-bond donors (Lipinski definition) is 2. The van der Waals surface area contributed by atoms with Gasteiger partial charge in [0.2, 0.25) is 0 Å². The standard InChI is InChI=1S/C16H16N2O2.CH3I.Fe/c19-15-7-3-1-5-13(15)11-17-9-10-18-12-14-6-2-4-8-16(14)20;1-2;/h1-8,11-12,19-20H,9-10H2;1H3;. The molecule has 0 heterocycles. The first-order valence-electron chi connectivity index (χ1n) is 6.71. The van der Waals surface area contributed by atoms with Gasteiger partial charge in [0, 0.05) is 40.6 Å². The van der Waals surface area contributed by atoms with Crippen LogP contribution < -0.4 is 0 Å². The molecule has 4 nitrogen and oxygen atoms in total. The molecule has 2 rings (SSSR count).